The fourth-order valence-corrected chi connectivity index (χ4v) is 3.95. The van der Waals surface area contributed by atoms with E-state index in [0.717, 1.165) is 11.8 Å². The number of likely N-dealkylation sites (N-methyl/N-ethyl adjacent to an activating group) is 1. The lowest BCUT2D eigenvalue weighted by Gasteiger charge is -2.29. The highest BCUT2D eigenvalue weighted by molar-refractivity contribution is 6.35. The molecule has 2 fully saturated rings. The SMILES string of the molecule is CCN(CCO)C(=O)C(=O)NC(C)C1CC2CCC1C2. The van der Waals surface area contributed by atoms with Crippen molar-refractivity contribution < 1.29 is 14.7 Å². The Hall–Kier alpha value is -1.10. The number of hydrogen-bond donors (Lipinski definition) is 2. The summed E-state index contributed by atoms with van der Waals surface area (Å²) in [6, 6.07) is 0.0644. The molecule has 0 saturated heterocycles. The molecule has 2 saturated carbocycles. The van der Waals surface area contributed by atoms with E-state index in [-0.39, 0.29) is 19.2 Å². The van der Waals surface area contributed by atoms with Crippen LogP contribution in [0.2, 0.25) is 0 Å². The number of rotatable bonds is 5. The number of aliphatic hydroxyl groups is 1. The molecule has 4 unspecified atom stereocenters. The van der Waals surface area contributed by atoms with Crippen LogP contribution in [-0.4, -0.2) is 47.6 Å². The molecule has 2 amide bonds. The second kappa shape index (κ2) is 6.57. The molecule has 2 aliphatic rings. The molecule has 20 heavy (non-hydrogen) atoms. The lowest BCUT2D eigenvalue weighted by Crippen LogP contribution is -2.49. The van der Waals surface area contributed by atoms with Crippen LogP contribution in [0.5, 0.6) is 0 Å². The highest BCUT2D eigenvalue weighted by Gasteiger charge is 2.42. The molecule has 0 aromatic carbocycles. The van der Waals surface area contributed by atoms with Gasteiger partial charge in [-0.3, -0.25) is 9.59 Å². The Morgan fingerprint density at radius 1 is 1.35 bits per heavy atom. The van der Waals surface area contributed by atoms with Gasteiger partial charge in [-0.05, 0) is 50.9 Å². The summed E-state index contributed by atoms with van der Waals surface area (Å²) in [5, 5.41) is 11.8. The summed E-state index contributed by atoms with van der Waals surface area (Å²) in [7, 11) is 0. The molecule has 0 spiro atoms. The molecule has 5 heteroatoms. The Morgan fingerprint density at radius 2 is 2.10 bits per heavy atom. The topological polar surface area (TPSA) is 69.6 Å². The first-order valence-electron chi connectivity index (χ1n) is 7.77. The molecule has 2 rings (SSSR count). The molecular formula is C15H26N2O3. The third kappa shape index (κ3) is 3.14. The third-order valence-electron chi connectivity index (χ3n) is 5.03. The quantitative estimate of drug-likeness (QED) is 0.732. The van der Waals surface area contributed by atoms with Gasteiger partial charge in [0.1, 0.15) is 0 Å². The van der Waals surface area contributed by atoms with E-state index in [2.05, 4.69) is 5.32 Å². The summed E-state index contributed by atoms with van der Waals surface area (Å²) in [5.41, 5.74) is 0. The van der Waals surface area contributed by atoms with Gasteiger partial charge in [0, 0.05) is 19.1 Å². The molecule has 2 bridgehead atoms. The van der Waals surface area contributed by atoms with Crippen LogP contribution >= 0.6 is 0 Å². The number of fused-ring (bicyclic) bond motifs is 2. The molecular weight excluding hydrogens is 256 g/mol. The summed E-state index contributed by atoms with van der Waals surface area (Å²) in [4.78, 5) is 25.4. The lowest BCUT2D eigenvalue weighted by atomic mass is 9.84. The zero-order chi connectivity index (χ0) is 14.7. The van der Waals surface area contributed by atoms with Crippen molar-refractivity contribution in [1.29, 1.82) is 0 Å². The molecule has 2 aliphatic carbocycles. The fourth-order valence-electron chi connectivity index (χ4n) is 3.95. The molecule has 2 N–H and O–H groups in total. The van der Waals surface area contributed by atoms with Gasteiger partial charge in [0.25, 0.3) is 0 Å². The zero-order valence-electron chi connectivity index (χ0n) is 12.5. The van der Waals surface area contributed by atoms with Crippen LogP contribution in [-0.2, 0) is 9.59 Å². The van der Waals surface area contributed by atoms with Crippen molar-refractivity contribution in [3.05, 3.63) is 0 Å². The first-order chi connectivity index (χ1) is 9.56. The van der Waals surface area contributed by atoms with Crippen molar-refractivity contribution in [3.63, 3.8) is 0 Å². The van der Waals surface area contributed by atoms with E-state index in [0.29, 0.717) is 12.5 Å². The maximum absolute atomic E-state index is 12.0. The van der Waals surface area contributed by atoms with Crippen LogP contribution in [0, 0.1) is 17.8 Å². The van der Waals surface area contributed by atoms with E-state index >= 15 is 0 Å². The Morgan fingerprint density at radius 3 is 2.60 bits per heavy atom. The van der Waals surface area contributed by atoms with Crippen LogP contribution in [0.15, 0.2) is 0 Å². The summed E-state index contributed by atoms with van der Waals surface area (Å²) >= 11 is 0. The maximum Gasteiger partial charge on any atom is 0.311 e. The van der Waals surface area contributed by atoms with Crippen LogP contribution < -0.4 is 5.32 Å². The molecule has 0 aromatic heterocycles. The van der Waals surface area contributed by atoms with E-state index < -0.39 is 11.8 Å². The van der Waals surface area contributed by atoms with Crippen molar-refractivity contribution in [3.8, 4) is 0 Å². The van der Waals surface area contributed by atoms with Crippen molar-refractivity contribution in [2.24, 2.45) is 17.8 Å². The van der Waals surface area contributed by atoms with Gasteiger partial charge in [-0.25, -0.2) is 0 Å². The molecule has 0 aliphatic heterocycles. The number of carbonyl (C=O) groups excluding carboxylic acids is 2. The highest BCUT2D eigenvalue weighted by Crippen LogP contribution is 2.49. The third-order valence-corrected chi connectivity index (χ3v) is 5.03. The molecule has 0 radical (unpaired) electrons. The predicted octanol–water partition coefficient (Wildman–Crippen LogP) is 0.768. The second-order valence-electron chi connectivity index (χ2n) is 6.21. The average molecular weight is 282 g/mol. The molecule has 114 valence electrons. The largest absolute Gasteiger partial charge is 0.395 e. The Kier molecular flexibility index (Phi) is 5.02. The first kappa shape index (κ1) is 15.3. The number of aliphatic hydroxyl groups excluding tert-OH is 1. The summed E-state index contributed by atoms with van der Waals surface area (Å²) in [5.74, 6) is 1.03. The van der Waals surface area contributed by atoms with Crippen molar-refractivity contribution >= 4 is 11.8 Å². The van der Waals surface area contributed by atoms with E-state index in [9.17, 15) is 9.59 Å². The zero-order valence-corrected chi connectivity index (χ0v) is 12.5. The van der Waals surface area contributed by atoms with Crippen molar-refractivity contribution in [1.82, 2.24) is 10.2 Å². The molecule has 5 nitrogen and oxygen atoms in total. The van der Waals surface area contributed by atoms with E-state index in [4.69, 9.17) is 5.11 Å². The Labute approximate surface area is 120 Å². The van der Waals surface area contributed by atoms with Gasteiger partial charge in [0.05, 0.1) is 6.61 Å². The van der Waals surface area contributed by atoms with Gasteiger partial charge < -0.3 is 15.3 Å². The Balaban J connectivity index is 1.85. The normalized spacial score (nSPS) is 29.2. The summed E-state index contributed by atoms with van der Waals surface area (Å²) in [6.07, 6.45) is 5.09. The molecule has 0 aromatic rings. The van der Waals surface area contributed by atoms with Crippen LogP contribution in [0.3, 0.4) is 0 Å². The van der Waals surface area contributed by atoms with Gasteiger partial charge in [0.15, 0.2) is 0 Å². The average Bonchev–Trinajstić information content (AvgIpc) is 3.06. The highest BCUT2D eigenvalue weighted by atomic mass is 16.3. The smallest absolute Gasteiger partial charge is 0.311 e. The predicted molar refractivity (Wildman–Crippen MR) is 75.9 cm³/mol. The van der Waals surface area contributed by atoms with Crippen molar-refractivity contribution in [2.45, 2.75) is 45.6 Å². The van der Waals surface area contributed by atoms with E-state index in [1.54, 1.807) is 6.92 Å². The lowest BCUT2D eigenvalue weighted by molar-refractivity contribution is -0.146. The number of amides is 2. The monoisotopic (exact) mass is 282 g/mol. The minimum atomic E-state index is -0.532. The van der Waals surface area contributed by atoms with Gasteiger partial charge >= 0.3 is 11.8 Å². The molecule has 0 heterocycles. The van der Waals surface area contributed by atoms with Crippen LogP contribution in [0.4, 0.5) is 0 Å². The van der Waals surface area contributed by atoms with Crippen molar-refractivity contribution in [2.75, 3.05) is 19.7 Å². The maximum atomic E-state index is 12.0. The Bertz CT molecular complexity index is 372. The van der Waals surface area contributed by atoms with E-state index in [1.807, 2.05) is 6.92 Å². The summed E-state index contributed by atoms with van der Waals surface area (Å²) < 4.78 is 0. The number of carbonyl (C=O) groups is 2. The second-order valence-corrected chi connectivity index (χ2v) is 6.21. The van der Waals surface area contributed by atoms with Gasteiger partial charge in [-0.2, -0.15) is 0 Å². The molecule has 4 atom stereocenters. The van der Waals surface area contributed by atoms with Crippen LogP contribution in [0.25, 0.3) is 0 Å². The number of nitrogens with one attached hydrogen (secondary N) is 1. The minimum Gasteiger partial charge on any atom is -0.395 e. The standard InChI is InChI=1S/C15H26N2O3/c1-3-17(6-7-18)15(20)14(19)16-10(2)13-9-11-4-5-12(13)8-11/h10-13,18H,3-9H2,1-2H3,(H,16,19). The van der Waals surface area contributed by atoms with Crippen LogP contribution in [0.1, 0.15) is 39.5 Å². The fraction of sp³-hybridized carbons (Fsp3) is 0.867. The first-order valence-corrected chi connectivity index (χ1v) is 7.77. The van der Waals surface area contributed by atoms with Gasteiger partial charge in [0.2, 0.25) is 0 Å². The minimum absolute atomic E-state index is 0.0644. The van der Waals surface area contributed by atoms with Gasteiger partial charge in [-0.15, -0.1) is 0 Å². The van der Waals surface area contributed by atoms with E-state index in [1.165, 1.54) is 30.6 Å². The van der Waals surface area contributed by atoms with Gasteiger partial charge in [-0.1, -0.05) is 6.42 Å². The summed E-state index contributed by atoms with van der Waals surface area (Å²) in [6.45, 7) is 4.36. The number of nitrogens with zero attached hydrogens (tertiary/aromatic N) is 1. The number of hydrogen-bond acceptors (Lipinski definition) is 3.